The van der Waals surface area contributed by atoms with Gasteiger partial charge < -0.3 is 15.7 Å². The highest BCUT2D eigenvalue weighted by Crippen LogP contribution is 2.31. The molecule has 0 heterocycles. The molecule has 1 amide bonds. The number of nitrogens with one attached hydrogen (secondary N) is 2. The summed E-state index contributed by atoms with van der Waals surface area (Å²) >= 11 is 0. The second-order valence-corrected chi connectivity index (χ2v) is 6.81. The molecule has 4 nitrogen and oxygen atoms in total. The van der Waals surface area contributed by atoms with Crippen molar-refractivity contribution in [3.8, 4) is 0 Å². The van der Waals surface area contributed by atoms with E-state index in [0.29, 0.717) is 6.04 Å². The smallest absolute Gasteiger partial charge is 0.217 e. The van der Waals surface area contributed by atoms with E-state index in [1.54, 1.807) is 6.92 Å². The molecular formula is C15H30N2O2. The van der Waals surface area contributed by atoms with E-state index < -0.39 is 5.60 Å². The van der Waals surface area contributed by atoms with Gasteiger partial charge in [-0.1, -0.05) is 12.8 Å². The summed E-state index contributed by atoms with van der Waals surface area (Å²) in [6, 6.07) is 0.326. The van der Waals surface area contributed by atoms with E-state index in [4.69, 9.17) is 0 Å². The minimum atomic E-state index is -0.431. The van der Waals surface area contributed by atoms with Gasteiger partial charge in [-0.25, -0.2) is 0 Å². The lowest BCUT2D eigenvalue weighted by molar-refractivity contribution is -0.120. The molecule has 1 rings (SSSR count). The molecule has 19 heavy (non-hydrogen) atoms. The lowest BCUT2D eigenvalue weighted by atomic mass is 9.94. The molecule has 0 bridgehead atoms. The highest BCUT2D eigenvalue weighted by molar-refractivity contribution is 5.73. The number of carbonyl (C=O) groups excluding carboxylic acids is 1. The molecule has 1 atom stereocenters. The minimum absolute atomic E-state index is 0.0115. The summed E-state index contributed by atoms with van der Waals surface area (Å²) in [5.74, 6) is 0.0115. The van der Waals surface area contributed by atoms with Crippen LogP contribution >= 0.6 is 0 Å². The van der Waals surface area contributed by atoms with Crippen molar-refractivity contribution >= 4 is 5.91 Å². The maximum atomic E-state index is 11.1. The molecule has 3 N–H and O–H groups in total. The summed E-state index contributed by atoms with van der Waals surface area (Å²) < 4.78 is 0. The summed E-state index contributed by atoms with van der Waals surface area (Å²) in [5.41, 5.74) is -0.623. The molecule has 4 heteroatoms. The van der Waals surface area contributed by atoms with Crippen LogP contribution in [0.3, 0.4) is 0 Å². The van der Waals surface area contributed by atoms with Crippen LogP contribution in [0.4, 0.5) is 0 Å². The third-order valence-electron chi connectivity index (χ3n) is 3.95. The highest BCUT2D eigenvalue weighted by Gasteiger charge is 2.30. The van der Waals surface area contributed by atoms with Crippen LogP contribution in [0.15, 0.2) is 0 Å². The van der Waals surface area contributed by atoms with E-state index in [2.05, 4.69) is 17.6 Å². The van der Waals surface area contributed by atoms with Crippen LogP contribution in [0, 0.1) is 0 Å². The summed E-state index contributed by atoms with van der Waals surface area (Å²) in [5, 5.41) is 16.7. The molecule has 1 aliphatic rings. The van der Waals surface area contributed by atoms with Gasteiger partial charge in [0, 0.05) is 18.5 Å². The lowest BCUT2D eigenvalue weighted by Crippen LogP contribution is -2.47. The summed E-state index contributed by atoms with van der Waals surface area (Å²) in [6.45, 7) is 8.60. The van der Waals surface area contributed by atoms with Crippen molar-refractivity contribution < 1.29 is 9.90 Å². The van der Waals surface area contributed by atoms with E-state index >= 15 is 0 Å². The van der Waals surface area contributed by atoms with Crippen molar-refractivity contribution in [1.29, 1.82) is 0 Å². The Morgan fingerprint density at radius 3 is 2.47 bits per heavy atom. The molecule has 0 spiro atoms. The Bertz CT molecular complexity index is 297. The predicted molar refractivity (Wildman–Crippen MR) is 78.0 cm³/mol. The van der Waals surface area contributed by atoms with Gasteiger partial charge in [0.25, 0.3) is 0 Å². The fourth-order valence-corrected chi connectivity index (χ4v) is 3.20. The molecule has 0 aromatic heterocycles. The van der Waals surface area contributed by atoms with Crippen molar-refractivity contribution in [3.63, 3.8) is 0 Å². The second-order valence-electron chi connectivity index (χ2n) is 6.81. The fourth-order valence-electron chi connectivity index (χ4n) is 3.20. The van der Waals surface area contributed by atoms with Gasteiger partial charge in [0.15, 0.2) is 0 Å². The normalized spacial score (nSPS) is 20.3. The monoisotopic (exact) mass is 270 g/mol. The second kappa shape index (κ2) is 6.71. The van der Waals surface area contributed by atoms with Crippen molar-refractivity contribution in [2.75, 3.05) is 6.54 Å². The molecule has 1 unspecified atom stereocenters. The van der Waals surface area contributed by atoms with Crippen molar-refractivity contribution in [2.45, 2.75) is 83.4 Å². The topological polar surface area (TPSA) is 61.4 Å². The zero-order valence-electron chi connectivity index (χ0n) is 12.9. The summed E-state index contributed by atoms with van der Waals surface area (Å²) in [6.07, 6.45) is 5.91. The molecule has 1 fully saturated rings. The van der Waals surface area contributed by atoms with E-state index in [1.807, 2.05) is 13.8 Å². The highest BCUT2D eigenvalue weighted by atomic mass is 16.3. The maximum Gasteiger partial charge on any atom is 0.217 e. The molecule has 0 aromatic carbocycles. The Kier molecular flexibility index (Phi) is 5.81. The first kappa shape index (κ1) is 16.4. The average Bonchev–Trinajstić information content (AvgIpc) is 2.61. The van der Waals surface area contributed by atoms with Gasteiger partial charge in [0.1, 0.15) is 0 Å². The van der Waals surface area contributed by atoms with Gasteiger partial charge in [-0.15, -0.1) is 0 Å². The van der Waals surface area contributed by atoms with Crippen LogP contribution in [-0.2, 0) is 4.79 Å². The Balaban J connectivity index is 2.23. The number of aliphatic hydroxyl groups is 1. The van der Waals surface area contributed by atoms with Gasteiger partial charge in [-0.2, -0.15) is 0 Å². The minimum Gasteiger partial charge on any atom is -0.390 e. The van der Waals surface area contributed by atoms with Crippen molar-refractivity contribution in [3.05, 3.63) is 0 Å². The summed E-state index contributed by atoms with van der Waals surface area (Å²) in [4.78, 5) is 11.1. The molecule has 0 radical (unpaired) electrons. The zero-order valence-corrected chi connectivity index (χ0v) is 12.9. The van der Waals surface area contributed by atoms with Gasteiger partial charge in [0.2, 0.25) is 5.91 Å². The van der Waals surface area contributed by atoms with Crippen LogP contribution in [0.1, 0.15) is 66.2 Å². The van der Waals surface area contributed by atoms with Crippen LogP contribution in [0.25, 0.3) is 0 Å². The molecule has 0 aliphatic heterocycles. The van der Waals surface area contributed by atoms with Gasteiger partial charge in [0.05, 0.1) is 5.60 Å². The predicted octanol–water partition coefficient (Wildman–Crippen LogP) is 1.96. The standard InChI is InChI=1S/C15H30N2O2/c1-12(11-14(3,4)17-13(2)18)16-10-9-15(19)7-5-6-8-15/h12,16,19H,5-11H2,1-4H3,(H,17,18). The first-order valence-corrected chi connectivity index (χ1v) is 7.47. The van der Waals surface area contributed by atoms with E-state index in [0.717, 1.165) is 45.1 Å². The van der Waals surface area contributed by atoms with Crippen molar-refractivity contribution in [1.82, 2.24) is 10.6 Å². The third-order valence-corrected chi connectivity index (χ3v) is 3.95. The first-order valence-electron chi connectivity index (χ1n) is 7.47. The third kappa shape index (κ3) is 6.39. The van der Waals surface area contributed by atoms with Crippen LogP contribution in [-0.4, -0.2) is 34.7 Å². The average molecular weight is 270 g/mol. The van der Waals surface area contributed by atoms with Crippen LogP contribution in [0.5, 0.6) is 0 Å². The molecule has 1 aliphatic carbocycles. The molecule has 0 saturated heterocycles. The van der Waals surface area contributed by atoms with Gasteiger partial charge in [-0.3, -0.25) is 4.79 Å². The van der Waals surface area contributed by atoms with E-state index in [-0.39, 0.29) is 11.4 Å². The lowest BCUT2D eigenvalue weighted by Gasteiger charge is -2.30. The number of amides is 1. The largest absolute Gasteiger partial charge is 0.390 e. The number of carbonyl (C=O) groups is 1. The fraction of sp³-hybridized carbons (Fsp3) is 0.933. The molecule has 0 aromatic rings. The van der Waals surface area contributed by atoms with Crippen LogP contribution in [0.2, 0.25) is 0 Å². The van der Waals surface area contributed by atoms with Crippen molar-refractivity contribution in [2.24, 2.45) is 0 Å². The maximum absolute atomic E-state index is 11.1. The number of hydrogen-bond acceptors (Lipinski definition) is 3. The molecule has 112 valence electrons. The van der Waals surface area contributed by atoms with E-state index in [1.165, 1.54) is 0 Å². The Morgan fingerprint density at radius 2 is 1.95 bits per heavy atom. The van der Waals surface area contributed by atoms with Crippen LogP contribution < -0.4 is 10.6 Å². The number of hydrogen-bond donors (Lipinski definition) is 3. The summed E-state index contributed by atoms with van der Waals surface area (Å²) in [7, 11) is 0. The van der Waals surface area contributed by atoms with Gasteiger partial charge in [-0.05, 0) is 53.0 Å². The Hall–Kier alpha value is -0.610. The molecular weight excluding hydrogens is 240 g/mol. The number of rotatable bonds is 7. The Labute approximate surface area is 117 Å². The quantitative estimate of drug-likeness (QED) is 0.663. The SMILES string of the molecule is CC(=O)NC(C)(C)CC(C)NCCC1(O)CCCC1. The van der Waals surface area contributed by atoms with Gasteiger partial charge >= 0.3 is 0 Å². The Morgan fingerprint density at radius 1 is 1.37 bits per heavy atom. The zero-order chi connectivity index (χ0) is 14.5. The van der Waals surface area contributed by atoms with E-state index in [9.17, 15) is 9.90 Å². The first-order chi connectivity index (χ1) is 8.72. The molecule has 1 saturated carbocycles.